The van der Waals surface area contributed by atoms with Gasteiger partial charge in [-0.2, -0.15) is 0 Å². The highest BCUT2D eigenvalue weighted by Gasteiger charge is 2.24. The maximum atomic E-state index is 13.0. The van der Waals surface area contributed by atoms with E-state index in [2.05, 4.69) is 32.0 Å². The van der Waals surface area contributed by atoms with Gasteiger partial charge in [0.15, 0.2) is 0 Å². The average Bonchev–Trinajstić information content (AvgIpc) is 3.12. The summed E-state index contributed by atoms with van der Waals surface area (Å²) in [5, 5.41) is 4.35. The second kappa shape index (κ2) is 9.38. The van der Waals surface area contributed by atoms with E-state index in [1.54, 1.807) is 31.6 Å². The van der Waals surface area contributed by atoms with Crippen LogP contribution >= 0.6 is 22.9 Å². The number of rotatable bonds is 6. The minimum absolute atomic E-state index is 0.180. The lowest BCUT2D eigenvalue weighted by Gasteiger charge is -2.35. The van der Waals surface area contributed by atoms with Crippen LogP contribution in [0.5, 0.6) is 5.75 Å². The zero-order valence-electron chi connectivity index (χ0n) is 17.9. The minimum Gasteiger partial charge on any atom is -0.495 e. The second-order valence-corrected chi connectivity index (χ2v) is 8.97. The molecule has 1 saturated heterocycles. The third kappa shape index (κ3) is 4.46. The number of piperazine rings is 1. The van der Waals surface area contributed by atoms with Crippen molar-refractivity contribution in [3.05, 3.63) is 40.0 Å². The first kappa shape index (κ1) is 21.8. The molecular weight excluding hydrogens is 434 g/mol. The number of fused-ring (bicyclic) bond motifs is 1. The van der Waals surface area contributed by atoms with E-state index in [4.69, 9.17) is 16.3 Å². The lowest BCUT2D eigenvalue weighted by atomic mass is 10.1. The number of carbonyl (C=O) groups is 1. The fourth-order valence-corrected chi connectivity index (χ4v) is 5.24. The summed E-state index contributed by atoms with van der Waals surface area (Å²) >= 11 is 7.58. The van der Waals surface area contributed by atoms with Gasteiger partial charge in [0, 0.05) is 31.9 Å². The molecule has 0 atom stereocenters. The van der Waals surface area contributed by atoms with Gasteiger partial charge in [-0.05, 0) is 43.7 Å². The lowest BCUT2D eigenvalue weighted by molar-refractivity contribution is 0.103. The number of nitrogens with zero attached hydrogens (tertiary/aromatic N) is 4. The standard InChI is InChI=1S/C22H26ClN5O2S/c1-4-7-27-8-10-28(11-9-27)20-18-14(2)19(31-22(18)25-13-24-20)21(29)26-15-5-6-17(30-3)16(23)12-15/h5-6,12-13H,4,7-11H2,1-3H3,(H,26,29). The van der Waals surface area contributed by atoms with Gasteiger partial charge in [-0.1, -0.05) is 18.5 Å². The van der Waals surface area contributed by atoms with Gasteiger partial charge in [-0.25, -0.2) is 9.97 Å². The van der Waals surface area contributed by atoms with E-state index < -0.39 is 0 Å². The number of aryl methyl sites for hydroxylation is 1. The molecule has 1 aliphatic heterocycles. The van der Waals surface area contributed by atoms with Gasteiger partial charge in [-0.3, -0.25) is 9.69 Å². The summed E-state index contributed by atoms with van der Waals surface area (Å²) in [5.41, 5.74) is 1.52. The Morgan fingerprint density at radius 1 is 1.26 bits per heavy atom. The van der Waals surface area contributed by atoms with E-state index in [0.717, 1.165) is 54.3 Å². The van der Waals surface area contributed by atoms with Crippen molar-refractivity contribution in [1.29, 1.82) is 0 Å². The lowest BCUT2D eigenvalue weighted by Crippen LogP contribution is -2.46. The summed E-state index contributed by atoms with van der Waals surface area (Å²) in [6, 6.07) is 5.19. The molecule has 3 heterocycles. The van der Waals surface area contributed by atoms with Crippen molar-refractivity contribution < 1.29 is 9.53 Å². The summed E-state index contributed by atoms with van der Waals surface area (Å²) in [5.74, 6) is 1.30. The van der Waals surface area contributed by atoms with Gasteiger partial charge in [0.25, 0.3) is 5.91 Å². The Labute approximate surface area is 191 Å². The Bertz CT molecular complexity index is 1090. The highest BCUT2D eigenvalue weighted by Crippen LogP contribution is 2.36. The van der Waals surface area contributed by atoms with Gasteiger partial charge in [0.1, 0.15) is 22.7 Å². The molecule has 31 heavy (non-hydrogen) atoms. The number of carbonyl (C=O) groups excluding carboxylic acids is 1. The Kier molecular flexibility index (Phi) is 6.60. The van der Waals surface area contributed by atoms with E-state index in [1.165, 1.54) is 17.8 Å². The Hall–Kier alpha value is -2.42. The van der Waals surface area contributed by atoms with Gasteiger partial charge < -0.3 is 15.0 Å². The molecule has 4 rings (SSSR count). The molecule has 2 aromatic heterocycles. The number of anilines is 2. The van der Waals surface area contributed by atoms with E-state index in [-0.39, 0.29) is 5.91 Å². The third-order valence-corrected chi connectivity index (χ3v) is 7.03. The number of thiophene rings is 1. The van der Waals surface area contributed by atoms with Gasteiger partial charge in [0.2, 0.25) is 0 Å². The zero-order valence-corrected chi connectivity index (χ0v) is 19.5. The fraction of sp³-hybridized carbons (Fsp3) is 0.409. The number of methoxy groups -OCH3 is 1. The number of halogens is 1. The predicted octanol–water partition coefficient (Wildman–Crippen LogP) is 4.45. The van der Waals surface area contributed by atoms with Crippen LogP contribution in [-0.4, -0.2) is 60.6 Å². The minimum atomic E-state index is -0.180. The van der Waals surface area contributed by atoms with Crippen molar-refractivity contribution in [1.82, 2.24) is 14.9 Å². The number of ether oxygens (including phenoxy) is 1. The van der Waals surface area contributed by atoms with E-state index in [9.17, 15) is 4.79 Å². The molecule has 164 valence electrons. The molecule has 1 aliphatic rings. The van der Waals surface area contributed by atoms with E-state index in [0.29, 0.717) is 21.3 Å². The average molecular weight is 460 g/mol. The molecule has 7 nitrogen and oxygen atoms in total. The van der Waals surface area contributed by atoms with Gasteiger partial charge >= 0.3 is 0 Å². The normalized spacial score (nSPS) is 14.8. The molecule has 0 spiro atoms. The van der Waals surface area contributed by atoms with Crippen LogP contribution in [0.15, 0.2) is 24.5 Å². The monoisotopic (exact) mass is 459 g/mol. The third-order valence-electron chi connectivity index (χ3n) is 5.53. The van der Waals surface area contributed by atoms with Crippen LogP contribution in [0.3, 0.4) is 0 Å². The summed E-state index contributed by atoms with van der Waals surface area (Å²) in [4.78, 5) is 28.3. The molecule has 1 N–H and O–H groups in total. The van der Waals surface area contributed by atoms with Crippen molar-refractivity contribution in [2.45, 2.75) is 20.3 Å². The van der Waals surface area contributed by atoms with Crippen LogP contribution in [0.1, 0.15) is 28.6 Å². The summed E-state index contributed by atoms with van der Waals surface area (Å²) < 4.78 is 5.17. The Morgan fingerprint density at radius 3 is 2.71 bits per heavy atom. The van der Waals surface area contributed by atoms with E-state index in [1.807, 2.05) is 6.92 Å². The predicted molar refractivity (Wildman–Crippen MR) is 127 cm³/mol. The second-order valence-electron chi connectivity index (χ2n) is 7.57. The van der Waals surface area contributed by atoms with Crippen molar-refractivity contribution >= 4 is 50.6 Å². The molecule has 0 unspecified atom stereocenters. The largest absolute Gasteiger partial charge is 0.495 e. The van der Waals surface area contributed by atoms with Crippen LogP contribution in [0.25, 0.3) is 10.2 Å². The maximum absolute atomic E-state index is 13.0. The smallest absolute Gasteiger partial charge is 0.266 e. The number of benzene rings is 1. The SMILES string of the molecule is CCCN1CCN(c2ncnc3sc(C(=O)Nc4ccc(OC)c(Cl)c4)c(C)c23)CC1. The van der Waals surface area contributed by atoms with Crippen LogP contribution in [0.4, 0.5) is 11.5 Å². The highest BCUT2D eigenvalue weighted by atomic mass is 35.5. The number of aromatic nitrogens is 2. The Morgan fingerprint density at radius 2 is 2.03 bits per heavy atom. The summed E-state index contributed by atoms with van der Waals surface area (Å²) in [7, 11) is 1.56. The molecule has 1 amide bonds. The molecule has 9 heteroatoms. The van der Waals surface area contributed by atoms with Crippen molar-refractivity contribution in [3.8, 4) is 5.75 Å². The molecule has 0 aliphatic carbocycles. The number of hydrogen-bond donors (Lipinski definition) is 1. The van der Waals surface area contributed by atoms with Gasteiger partial charge in [0.05, 0.1) is 22.4 Å². The first-order chi connectivity index (χ1) is 15.0. The molecule has 0 radical (unpaired) electrons. The maximum Gasteiger partial charge on any atom is 0.266 e. The van der Waals surface area contributed by atoms with Gasteiger partial charge in [-0.15, -0.1) is 11.3 Å². The molecule has 3 aromatic rings. The van der Waals surface area contributed by atoms with E-state index >= 15 is 0 Å². The van der Waals surface area contributed by atoms with Crippen molar-refractivity contribution in [3.63, 3.8) is 0 Å². The zero-order chi connectivity index (χ0) is 22.0. The van der Waals surface area contributed by atoms with Crippen LogP contribution < -0.4 is 15.0 Å². The van der Waals surface area contributed by atoms with Crippen molar-refractivity contribution in [2.24, 2.45) is 0 Å². The topological polar surface area (TPSA) is 70.6 Å². The number of nitrogens with one attached hydrogen (secondary N) is 1. The van der Waals surface area contributed by atoms with Crippen molar-refractivity contribution in [2.75, 3.05) is 50.1 Å². The molecule has 1 aromatic carbocycles. The molecule has 0 saturated carbocycles. The highest BCUT2D eigenvalue weighted by molar-refractivity contribution is 7.20. The molecular formula is C22H26ClN5O2S. The summed E-state index contributed by atoms with van der Waals surface area (Å²) in [6.07, 6.45) is 2.76. The van der Waals surface area contributed by atoms with Crippen LogP contribution in [0.2, 0.25) is 5.02 Å². The quantitative estimate of drug-likeness (QED) is 0.587. The first-order valence-electron chi connectivity index (χ1n) is 10.4. The first-order valence-corrected chi connectivity index (χ1v) is 11.6. The number of hydrogen-bond acceptors (Lipinski definition) is 7. The Balaban J connectivity index is 1.59. The number of amides is 1. The molecule has 0 bridgehead atoms. The fourth-order valence-electron chi connectivity index (χ4n) is 3.94. The van der Waals surface area contributed by atoms with Crippen LogP contribution in [-0.2, 0) is 0 Å². The van der Waals surface area contributed by atoms with Crippen LogP contribution in [0, 0.1) is 6.92 Å². The molecule has 1 fully saturated rings. The summed E-state index contributed by atoms with van der Waals surface area (Å²) in [6.45, 7) is 9.20.